The van der Waals surface area contributed by atoms with Gasteiger partial charge in [-0.05, 0) is 58.2 Å². The van der Waals surface area contributed by atoms with Gasteiger partial charge in [-0.1, -0.05) is 45.0 Å². The van der Waals surface area contributed by atoms with E-state index in [0.29, 0.717) is 14.7 Å². The normalized spacial score (nSPS) is 11.5. The smallest absolute Gasteiger partial charge is 0.194 e. The van der Waals surface area contributed by atoms with Crippen LogP contribution in [0, 0.1) is 9.39 Å². The highest BCUT2D eigenvalue weighted by atomic mass is 127. The van der Waals surface area contributed by atoms with Crippen LogP contribution in [0.4, 0.5) is 4.39 Å². The Balaban J connectivity index is 2.32. The molecule has 0 atom stereocenters. The van der Waals surface area contributed by atoms with E-state index in [4.69, 9.17) is 0 Å². The van der Waals surface area contributed by atoms with Crippen molar-refractivity contribution in [3.63, 3.8) is 0 Å². The third-order valence-electron chi connectivity index (χ3n) is 3.99. The molecular formula is C18H18FIO. The molecule has 1 nitrogen and oxygen atoms in total. The van der Waals surface area contributed by atoms with Crippen LogP contribution in [0.1, 0.15) is 48.7 Å². The van der Waals surface area contributed by atoms with Crippen molar-refractivity contribution in [2.75, 3.05) is 0 Å². The number of carbonyl (C=O) groups excluding carboxylic acids is 1. The molecule has 2 aromatic carbocycles. The van der Waals surface area contributed by atoms with Crippen molar-refractivity contribution in [3.8, 4) is 0 Å². The van der Waals surface area contributed by atoms with E-state index in [9.17, 15) is 9.18 Å². The van der Waals surface area contributed by atoms with Crippen molar-refractivity contribution in [1.82, 2.24) is 0 Å². The highest BCUT2D eigenvalue weighted by Gasteiger charge is 2.19. The number of benzene rings is 2. The Morgan fingerprint density at radius 3 is 2.29 bits per heavy atom. The molecule has 0 saturated heterocycles. The molecule has 0 fully saturated rings. The number of hydrogen-bond donors (Lipinski definition) is 0. The highest BCUT2D eigenvalue weighted by molar-refractivity contribution is 14.1. The molecule has 0 aliphatic carbocycles. The zero-order chi connectivity index (χ0) is 15.6. The van der Waals surface area contributed by atoms with Gasteiger partial charge in [0.15, 0.2) is 5.78 Å². The average Bonchev–Trinajstić information content (AvgIpc) is 2.47. The summed E-state index contributed by atoms with van der Waals surface area (Å²) in [6.45, 7) is 6.53. The van der Waals surface area contributed by atoms with Crippen molar-refractivity contribution in [2.24, 2.45) is 0 Å². The first kappa shape index (κ1) is 16.1. The lowest BCUT2D eigenvalue weighted by atomic mass is 9.82. The minimum absolute atomic E-state index is 0.0692. The second kappa shape index (κ2) is 6.26. The minimum Gasteiger partial charge on any atom is -0.289 e. The number of rotatable bonds is 4. The molecule has 3 heteroatoms. The van der Waals surface area contributed by atoms with Crippen molar-refractivity contribution in [3.05, 3.63) is 68.5 Å². The summed E-state index contributed by atoms with van der Waals surface area (Å²) >= 11 is 1.99. The van der Waals surface area contributed by atoms with Crippen LogP contribution in [0.5, 0.6) is 0 Å². The quantitative estimate of drug-likeness (QED) is 0.503. The SMILES string of the molecule is CCC(C)(C)c1ccc(C(=O)c2ccc(F)cc2I)cc1. The van der Waals surface area contributed by atoms with Crippen LogP contribution in [0.2, 0.25) is 0 Å². The first-order chi connectivity index (χ1) is 9.85. The minimum atomic E-state index is -0.323. The summed E-state index contributed by atoms with van der Waals surface area (Å²) in [5, 5.41) is 0. The number of carbonyl (C=O) groups is 1. The maximum atomic E-state index is 13.1. The molecule has 0 saturated carbocycles. The van der Waals surface area contributed by atoms with Gasteiger partial charge in [0, 0.05) is 14.7 Å². The molecule has 0 amide bonds. The lowest BCUT2D eigenvalue weighted by Gasteiger charge is -2.23. The fourth-order valence-corrected chi connectivity index (χ4v) is 2.83. The summed E-state index contributed by atoms with van der Waals surface area (Å²) in [5.74, 6) is -0.392. The van der Waals surface area contributed by atoms with Crippen LogP contribution >= 0.6 is 22.6 Å². The van der Waals surface area contributed by atoms with E-state index in [-0.39, 0.29) is 17.0 Å². The fraction of sp³-hybridized carbons (Fsp3) is 0.278. The molecule has 0 aromatic heterocycles. The van der Waals surface area contributed by atoms with Gasteiger partial charge in [0.25, 0.3) is 0 Å². The second-order valence-corrected chi connectivity index (χ2v) is 6.93. The molecule has 0 spiro atoms. The second-order valence-electron chi connectivity index (χ2n) is 5.77. The predicted octanol–water partition coefficient (Wildman–Crippen LogP) is 5.35. The van der Waals surface area contributed by atoms with E-state index in [1.54, 1.807) is 6.07 Å². The number of ketones is 1. The van der Waals surface area contributed by atoms with Gasteiger partial charge in [-0.2, -0.15) is 0 Å². The molecule has 2 aromatic rings. The van der Waals surface area contributed by atoms with E-state index in [0.717, 1.165) is 6.42 Å². The van der Waals surface area contributed by atoms with Crippen molar-refractivity contribution in [2.45, 2.75) is 32.6 Å². The fourth-order valence-electron chi connectivity index (χ4n) is 2.11. The summed E-state index contributed by atoms with van der Waals surface area (Å²) in [5.41, 5.74) is 2.50. The molecule has 110 valence electrons. The topological polar surface area (TPSA) is 17.1 Å². The Labute approximate surface area is 138 Å². The van der Waals surface area contributed by atoms with Gasteiger partial charge in [-0.15, -0.1) is 0 Å². The van der Waals surface area contributed by atoms with Gasteiger partial charge >= 0.3 is 0 Å². The van der Waals surface area contributed by atoms with Crippen LogP contribution in [0.3, 0.4) is 0 Å². The molecular weight excluding hydrogens is 378 g/mol. The summed E-state index contributed by atoms with van der Waals surface area (Å²) in [7, 11) is 0. The van der Waals surface area contributed by atoms with Gasteiger partial charge in [-0.25, -0.2) is 4.39 Å². The van der Waals surface area contributed by atoms with Crippen molar-refractivity contribution in [1.29, 1.82) is 0 Å². The lowest BCUT2D eigenvalue weighted by molar-refractivity contribution is 0.103. The van der Waals surface area contributed by atoms with E-state index in [2.05, 4.69) is 20.8 Å². The molecule has 2 rings (SSSR count). The zero-order valence-corrected chi connectivity index (χ0v) is 14.6. The monoisotopic (exact) mass is 396 g/mol. The molecule has 0 heterocycles. The Kier molecular flexibility index (Phi) is 4.81. The van der Waals surface area contributed by atoms with E-state index in [1.165, 1.54) is 17.7 Å². The maximum Gasteiger partial charge on any atom is 0.194 e. The Morgan fingerprint density at radius 2 is 1.76 bits per heavy atom. The Bertz CT molecular complexity index is 659. The van der Waals surface area contributed by atoms with E-state index in [1.807, 2.05) is 46.9 Å². The summed E-state index contributed by atoms with van der Waals surface area (Å²) in [6.07, 6.45) is 1.04. The molecule has 21 heavy (non-hydrogen) atoms. The zero-order valence-electron chi connectivity index (χ0n) is 12.4. The first-order valence-corrected chi connectivity index (χ1v) is 8.03. The van der Waals surface area contributed by atoms with Gasteiger partial charge in [-0.3, -0.25) is 4.79 Å². The van der Waals surface area contributed by atoms with Gasteiger partial charge in [0.2, 0.25) is 0 Å². The molecule has 0 aliphatic rings. The van der Waals surface area contributed by atoms with E-state index < -0.39 is 0 Å². The van der Waals surface area contributed by atoms with Crippen LogP contribution < -0.4 is 0 Å². The lowest BCUT2D eigenvalue weighted by Crippen LogP contribution is -2.15. The van der Waals surface area contributed by atoms with Crippen molar-refractivity contribution >= 4 is 28.4 Å². The third-order valence-corrected chi connectivity index (χ3v) is 4.88. The number of hydrogen-bond acceptors (Lipinski definition) is 1. The Hall–Kier alpha value is -1.23. The summed E-state index contributed by atoms with van der Waals surface area (Å²) < 4.78 is 13.8. The summed E-state index contributed by atoms with van der Waals surface area (Å²) in [4.78, 5) is 12.5. The Morgan fingerprint density at radius 1 is 1.14 bits per heavy atom. The molecule has 0 N–H and O–H groups in total. The standard InChI is InChI=1S/C18H18FIO/c1-4-18(2,3)13-7-5-12(6-8-13)17(21)15-10-9-14(19)11-16(15)20/h5-11H,4H2,1-3H3. The highest BCUT2D eigenvalue weighted by Crippen LogP contribution is 2.27. The van der Waals surface area contributed by atoms with Crippen molar-refractivity contribution < 1.29 is 9.18 Å². The van der Waals surface area contributed by atoms with Crippen LogP contribution in [-0.4, -0.2) is 5.78 Å². The first-order valence-electron chi connectivity index (χ1n) is 6.95. The van der Waals surface area contributed by atoms with Gasteiger partial charge in [0.05, 0.1) is 0 Å². The number of halogens is 2. The van der Waals surface area contributed by atoms with Gasteiger partial charge < -0.3 is 0 Å². The predicted molar refractivity (Wildman–Crippen MR) is 92.3 cm³/mol. The maximum absolute atomic E-state index is 13.1. The van der Waals surface area contributed by atoms with Crippen LogP contribution in [-0.2, 0) is 5.41 Å². The molecule has 0 bridgehead atoms. The van der Waals surface area contributed by atoms with Crippen LogP contribution in [0.15, 0.2) is 42.5 Å². The molecule has 0 aliphatic heterocycles. The molecule has 0 radical (unpaired) electrons. The average molecular weight is 396 g/mol. The van der Waals surface area contributed by atoms with Gasteiger partial charge in [0.1, 0.15) is 5.82 Å². The van der Waals surface area contributed by atoms with Crippen LogP contribution in [0.25, 0.3) is 0 Å². The van der Waals surface area contributed by atoms with E-state index >= 15 is 0 Å². The molecule has 0 unspecified atom stereocenters. The summed E-state index contributed by atoms with van der Waals surface area (Å²) in [6, 6.07) is 12.0. The largest absolute Gasteiger partial charge is 0.289 e. The third kappa shape index (κ3) is 3.51.